The topological polar surface area (TPSA) is 179 Å². The second kappa shape index (κ2) is 5.93. The molecule has 0 bridgehead atoms. The molecule has 0 aromatic carbocycles. The molecule has 1 atom stereocenters. The monoisotopic (exact) mass is 347 g/mol. The van der Waals surface area contributed by atoms with Crippen molar-refractivity contribution in [2.45, 2.75) is 12.5 Å². The van der Waals surface area contributed by atoms with Crippen molar-refractivity contribution in [3.63, 3.8) is 0 Å². The molecule has 1 aromatic rings. The molecular weight excluding hydrogens is 334 g/mol. The van der Waals surface area contributed by atoms with Gasteiger partial charge in [-0.25, -0.2) is 23.4 Å². The van der Waals surface area contributed by atoms with Gasteiger partial charge in [0.2, 0.25) is 0 Å². The summed E-state index contributed by atoms with van der Waals surface area (Å²) in [5.74, 6) is -1.37. The predicted octanol–water partition coefficient (Wildman–Crippen LogP) is -1.47. The number of halogens is 1. The van der Waals surface area contributed by atoms with E-state index in [1.807, 2.05) is 0 Å². The van der Waals surface area contributed by atoms with Crippen LogP contribution in [0.3, 0.4) is 0 Å². The number of nitrogens with zero attached hydrogens (tertiary/aromatic N) is 3. The van der Waals surface area contributed by atoms with E-state index in [1.165, 1.54) is 0 Å². The van der Waals surface area contributed by atoms with Crippen LogP contribution in [-0.2, 0) is 9.84 Å². The quantitative estimate of drug-likeness (QED) is 0.369. The van der Waals surface area contributed by atoms with E-state index in [4.69, 9.17) is 28.8 Å². The van der Waals surface area contributed by atoms with Gasteiger partial charge in [0.25, 0.3) is 5.91 Å². The van der Waals surface area contributed by atoms with Crippen molar-refractivity contribution in [1.82, 2.24) is 15.3 Å². The van der Waals surface area contributed by atoms with E-state index < -0.39 is 21.8 Å². The Bertz CT molecular complexity index is 749. The number of guanidine groups is 1. The summed E-state index contributed by atoms with van der Waals surface area (Å²) in [6.07, 6.45) is 0.356. The molecule has 1 aromatic heterocycles. The summed E-state index contributed by atoms with van der Waals surface area (Å²) in [7, 11) is -3.09. The molecule has 10 nitrogen and oxygen atoms in total. The van der Waals surface area contributed by atoms with Gasteiger partial charge in [-0.15, -0.1) is 0 Å². The maximum Gasteiger partial charge on any atom is 0.280 e. The van der Waals surface area contributed by atoms with Crippen LogP contribution < -0.4 is 22.5 Å². The largest absolute Gasteiger partial charge is 0.382 e. The predicted molar refractivity (Wildman–Crippen MR) is 82.0 cm³/mol. The lowest BCUT2D eigenvalue weighted by Gasteiger charge is -2.08. The normalized spacial score (nSPS) is 20.8. The van der Waals surface area contributed by atoms with Gasteiger partial charge in [-0.05, 0) is 6.42 Å². The van der Waals surface area contributed by atoms with Gasteiger partial charge in [-0.2, -0.15) is 0 Å². The Morgan fingerprint density at radius 1 is 1.32 bits per heavy atom. The van der Waals surface area contributed by atoms with E-state index in [-0.39, 0.29) is 39.9 Å². The number of nitrogen functional groups attached to an aromatic ring is 2. The molecule has 22 heavy (non-hydrogen) atoms. The van der Waals surface area contributed by atoms with Crippen LogP contribution in [0.15, 0.2) is 4.99 Å². The Hall–Kier alpha value is -2.14. The first kappa shape index (κ1) is 16.2. The van der Waals surface area contributed by atoms with Gasteiger partial charge in [0.15, 0.2) is 38.3 Å². The van der Waals surface area contributed by atoms with E-state index >= 15 is 0 Å². The fourth-order valence-corrected chi connectivity index (χ4v) is 3.64. The summed E-state index contributed by atoms with van der Waals surface area (Å²) in [6, 6.07) is -0.483. The van der Waals surface area contributed by atoms with Gasteiger partial charge in [0.1, 0.15) is 0 Å². The van der Waals surface area contributed by atoms with E-state index in [1.54, 1.807) is 0 Å². The number of carbonyl (C=O) groups excluding carboxylic acids is 1. The molecule has 1 unspecified atom stereocenters. The molecule has 1 aliphatic heterocycles. The Labute approximate surface area is 131 Å². The number of aliphatic imine (C=N–C) groups is 1. The number of nitrogens with one attached hydrogen (secondary N) is 1. The van der Waals surface area contributed by atoms with E-state index in [9.17, 15) is 13.2 Å². The number of hydrogen-bond acceptors (Lipinski definition) is 8. The van der Waals surface area contributed by atoms with Crippen molar-refractivity contribution in [3.8, 4) is 0 Å². The summed E-state index contributed by atoms with van der Waals surface area (Å²) < 4.78 is 22.6. The van der Waals surface area contributed by atoms with Gasteiger partial charge in [-0.1, -0.05) is 11.6 Å². The molecule has 1 saturated heterocycles. The van der Waals surface area contributed by atoms with Crippen molar-refractivity contribution < 1.29 is 13.2 Å². The number of carbonyl (C=O) groups is 1. The zero-order valence-electron chi connectivity index (χ0n) is 11.3. The zero-order chi connectivity index (χ0) is 16.5. The molecule has 0 saturated carbocycles. The summed E-state index contributed by atoms with van der Waals surface area (Å²) in [6.45, 7) is 0. The molecule has 120 valence electrons. The smallest absolute Gasteiger partial charge is 0.280 e. The lowest BCUT2D eigenvalue weighted by atomic mass is 10.3. The minimum Gasteiger partial charge on any atom is -0.382 e. The maximum atomic E-state index is 12.0. The van der Waals surface area contributed by atoms with Gasteiger partial charge >= 0.3 is 0 Å². The van der Waals surface area contributed by atoms with E-state index in [2.05, 4.69) is 20.3 Å². The first-order valence-corrected chi connectivity index (χ1v) is 8.31. The van der Waals surface area contributed by atoms with Crippen LogP contribution in [0.1, 0.15) is 16.9 Å². The SMILES string of the molecule is NC(=NC1CCS(=O)(=O)C1)NC(=O)c1nc(Cl)c(N)nc1N. The third kappa shape index (κ3) is 3.74. The Morgan fingerprint density at radius 3 is 2.59 bits per heavy atom. The second-order valence-corrected chi connectivity index (χ2v) is 7.25. The van der Waals surface area contributed by atoms with Crippen LogP contribution in [0.4, 0.5) is 11.6 Å². The maximum absolute atomic E-state index is 12.0. The third-order valence-corrected chi connectivity index (χ3v) is 4.92. The average molecular weight is 348 g/mol. The number of anilines is 2. The van der Waals surface area contributed by atoms with Crippen molar-refractivity contribution in [3.05, 3.63) is 10.8 Å². The summed E-state index contributed by atoms with van der Waals surface area (Å²) in [4.78, 5) is 23.3. The van der Waals surface area contributed by atoms with Gasteiger partial charge < -0.3 is 17.2 Å². The molecule has 2 heterocycles. The molecule has 1 fully saturated rings. The minimum atomic E-state index is -3.09. The van der Waals surface area contributed by atoms with Gasteiger partial charge in [0, 0.05) is 0 Å². The first-order valence-electron chi connectivity index (χ1n) is 6.11. The average Bonchev–Trinajstić information content (AvgIpc) is 2.72. The van der Waals surface area contributed by atoms with Gasteiger partial charge in [-0.3, -0.25) is 10.1 Å². The van der Waals surface area contributed by atoms with Crippen LogP contribution in [0, 0.1) is 0 Å². The van der Waals surface area contributed by atoms with Crippen molar-refractivity contribution >= 4 is 44.9 Å². The summed E-state index contributed by atoms with van der Waals surface area (Å²) in [5, 5.41) is 2.08. The minimum absolute atomic E-state index is 0.0500. The number of rotatable bonds is 2. The lowest BCUT2D eigenvalue weighted by molar-refractivity contribution is 0.0972. The van der Waals surface area contributed by atoms with E-state index in [0.29, 0.717) is 6.42 Å². The Kier molecular flexibility index (Phi) is 4.37. The molecule has 7 N–H and O–H groups in total. The lowest BCUT2D eigenvalue weighted by Crippen LogP contribution is -2.38. The highest BCUT2D eigenvalue weighted by Crippen LogP contribution is 2.17. The molecule has 1 aliphatic rings. The highest BCUT2D eigenvalue weighted by Gasteiger charge is 2.28. The molecule has 0 spiro atoms. The van der Waals surface area contributed by atoms with Crippen LogP contribution in [0.2, 0.25) is 5.15 Å². The molecule has 0 radical (unpaired) electrons. The van der Waals surface area contributed by atoms with Gasteiger partial charge in [0.05, 0.1) is 17.5 Å². The van der Waals surface area contributed by atoms with Crippen molar-refractivity contribution in [2.75, 3.05) is 23.0 Å². The molecule has 1 amide bonds. The first-order chi connectivity index (χ1) is 10.2. The van der Waals surface area contributed by atoms with Crippen LogP contribution >= 0.6 is 11.6 Å². The van der Waals surface area contributed by atoms with Crippen LogP contribution in [-0.4, -0.2) is 47.8 Å². The molecule has 0 aliphatic carbocycles. The number of aromatic nitrogens is 2. The van der Waals surface area contributed by atoms with E-state index in [0.717, 1.165) is 0 Å². The Balaban J connectivity index is 2.10. The molecule has 12 heteroatoms. The standard InChI is InChI=1S/C10H14ClN7O3S/c11-6-8(13)17-7(12)5(16-6)9(19)18-10(14)15-4-1-2-22(20,21)3-4/h4H,1-3H2,(H4,12,13,17)(H3,14,15,18,19). The third-order valence-electron chi connectivity index (χ3n) is 2.89. The van der Waals surface area contributed by atoms with Crippen LogP contribution in [0.5, 0.6) is 0 Å². The molecular formula is C10H14ClN7O3S. The number of sulfone groups is 1. The number of hydrogen-bond donors (Lipinski definition) is 4. The van der Waals surface area contributed by atoms with Crippen LogP contribution in [0.25, 0.3) is 0 Å². The summed E-state index contributed by atoms with van der Waals surface area (Å²) in [5.41, 5.74) is 16.3. The Morgan fingerprint density at radius 2 is 2.00 bits per heavy atom. The fraction of sp³-hybridized carbons (Fsp3) is 0.400. The second-order valence-electron chi connectivity index (χ2n) is 4.66. The zero-order valence-corrected chi connectivity index (χ0v) is 12.9. The molecule has 2 rings (SSSR count). The number of nitrogens with two attached hydrogens (primary N) is 3. The van der Waals surface area contributed by atoms with Crippen molar-refractivity contribution in [2.24, 2.45) is 10.7 Å². The fourth-order valence-electron chi connectivity index (χ4n) is 1.89. The van der Waals surface area contributed by atoms with Crippen molar-refractivity contribution in [1.29, 1.82) is 0 Å². The highest BCUT2D eigenvalue weighted by atomic mass is 35.5. The number of amides is 1. The summed E-state index contributed by atoms with van der Waals surface area (Å²) >= 11 is 5.67. The highest BCUT2D eigenvalue weighted by molar-refractivity contribution is 7.91.